The summed E-state index contributed by atoms with van der Waals surface area (Å²) in [7, 11) is 0. The maximum atomic E-state index is 12.3. The number of aromatic nitrogens is 4. The third-order valence-electron chi connectivity index (χ3n) is 3.82. The first-order valence-corrected chi connectivity index (χ1v) is 9.62. The molecule has 0 saturated carbocycles. The van der Waals surface area contributed by atoms with Crippen molar-refractivity contribution in [3.8, 4) is 11.4 Å². The number of para-hydroxylation sites is 1. The molecule has 1 N–H and O–H groups in total. The lowest BCUT2D eigenvalue weighted by Crippen LogP contribution is -2.10. The van der Waals surface area contributed by atoms with Crippen LogP contribution in [-0.4, -0.2) is 32.1 Å². The van der Waals surface area contributed by atoms with Crippen molar-refractivity contribution in [2.75, 3.05) is 12.4 Å². The Kier molecular flexibility index (Phi) is 5.13. The Morgan fingerprint density at radius 3 is 2.67 bits per heavy atom. The first-order valence-electron chi connectivity index (χ1n) is 8.25. The molecule has 27 heavy (non-hydrogen) atoms. The van der Waals surface area contributed by atoms with Crippen LogP contribution in [0.2, 0.25) is 5.02 Å². The van der Waals surface area contributed by atoms with E-state index in [-0.39, 0.29) is 5.56 Å². The summed E-state index contributed by atoms with van der Waals surface area (Å²) in [5.41, 5.74) is 1.18. The zero-order valence-electron chi connectivity index (χ0n) is 14.1. The number of halogens is 1. The monoisotopic (exact) mass is 398 g/mol. The number of nitrogens with one attached hydrogen (secondary N) is 1. The van der Waals surface area contributed by atoms with Crippen LogP contribution < -0.4 is 10.3 Å². The molecule has 4 rings (SSSR count). The lowest BCUT2D eigenvalue weighted by molar-refractivity contribution is 0.344. The summed E-state index contributed by atoms with van der Waals surface area (Å²) < 4.78 is 7.33. The van der Waals surface area contributed by atoms with Gasteiger partial charge in [-0.2, -0.15) is 5.10 Å². The third kappa shape index (κ3) is 3.99. The Morgan fingerprint density at radius 2 is 1.89 bits per heavy atom. The number of hydrogen-bond acceptors (Lipinski definition) is 5. The Hall–Kier alpha value is -2.77. The first-order chi connectivity index (χ1) is 13.2. The van der Waals surface area contributed by atoms with E-state index in [1.54, 1.807) is 16.8 Å². The van der Waals surface area contributed by atoms with Crippen LogP contribution in [0.4, 0.5) is 0 Å². The van der Waals surface area contributed by atoms with Gasteiger partial charge in [-0.25, -0.2) is 9.67 Å². The van der Waals surface area contributed by atoms with E-state index in [0.29, 0.717) is 33.6 Å². The van der Waals surface area contributed by atoms with Gasteiger partial charge in [0.1, 0.15) is 11.1 Å². The number of aromatic amines is 1. The van der Waals surface area contributed by atoms with Crippen LogP contribution in [0, 0.1) is 0 Å². The van der Waals surface area contributed by atoms with Gasteiger partial charge >= 0.3 is 0 Å². The molecule has 0 fully saturated rings. The smallest absolute Gasteiger partial charge is 0.262 e. The predicted molar refractivity (Wildman–Crippen MR) is 107 cm³/mol. The Balaban J connectivity index is 1.49. The maximum Gasteiger partial charge on any atom is 0.262 e. The molecule has 0 bridgehead atoms. The van der Waals surface area contributed by atoms with Crippen molar-refractivity contribution >= 4 is 34.4 Å². The van der Waals surface area contributed by atoms with Crippen molar-refractivity contribution in [2.24, 2.45) is 0 Å². The van der Waals surface area contributed by atoms with Gasteiger partial charge in [-0.3, -0.25) is 4.79 Å². The number of nitrogens with zero attached hydrogens (tertiary/aromatic N) is 3. The second-order valence-corrected chi connectivity index (χ2v) is 7.17. The van der Waals surface area contributed by atoms with E-state index in [1.807, 2.05) is 42.5 Å². The van der Waals surface area contributed by atoms with E-state index in [2.05, 4.69) is 15.1 Å². The second-order valence-electron chi connectivity index (χ2n) is 5.65. The second kappa shape index (κ2) is 7.85. The third-order valence-corrected chi connectivity index (χ3v) is 4.91. The van der Waals surface area contributed by atoms with E-state index in [4.69, 9.17) is 16.3 Å². The van der Waals surface area contributed by atoms with Crippen molar-refractivity contribution in [1.82, 2.24) is 19.7 Å². The van der Waals surface area contributed by atoms with Gasteiger partial charge in [-0.1, -0.05) is 41.6 Å². The average Bonchev–Trinajstić information content (AvgIpc) is 3.12. The highest BCUT2D eigenvalue weighted by Gasteiger charge is 2.11. The van der Waals surface area contributed by atoms with Crippen molar-refractivity contribution in [1.29, 1.82) is 0 Å². The Morgan fingerprint density at radius 1 is 1.11 bits per heavy atom. The van der Waals surface area contributed by atoms with Crippen molar-refractivity contribution in [2.45, 2.75) is 5.16 Å². The molecule has 0 spiro atoms. The Bertz CT molecular complexity index is 1110. The number of rotatable bonds is 6. The van der Waals surface area contributed by atoms with Gasteiger partial charge in [0.25, 0.3) is 5.56 Å². The SMILES string of the molecule is O=c1[nH]c(SCCOc2ccc(Cl)cc2)nc2c1cnn2-c1ccccc1. The predicted octanol–water partition coefficient (Wildman–Crippen LogP) is 3.93. The molecule has 4 aromatic rings. The van der Waals surface area contributed by atoms with E-state index in [0.717, 1.165) is 11.4 Å². The fourth-order valence-electron chi connectivity index (χ4n) is 2.55. The fourth-order valence-corrected chi connectivity index (χ4v) is 3.36. The number of hydrogen-bond donors (Lipinski definition) is 1. The number of ether oxygens (including phenoxy) is 1. The van der Waals surface area contributed by atoms with E-state index in [9.17, 15) is 4.79 Å². The van der Waals surface area contributed by atoms with Gasteiger partial charge in [-0.05, 0) is 36.4 Å². The van der Waals surface area contributed by atoms with Crippen LogP contribution in [0.25, 0.3) is 16.7 Å². The lowest BCUT2D eigenvalue weighted by atomic mass is 10.3. The van der Waals surface area contributed by atoms with Crippen molar-refractivity contribution < 1.29 is 4.74 Å². The van der Waals surface area contributed by atoms with E-state index in [1.165, 1.54) is 18.0 Å². The van der Waals surface area contributed by atoms with Crippen molar-refractivity contribution in [3.63, 3.8) is 0 Å². The molecular formula is C19H15ClN4O2S. The molecule has 0 amide bonds. The molecule has 0 aliphatic heterocycles. The van der Waals surface area contributed by atoms with Crippen LogP contribution >= 0.6 is 23.4 Å². The topological polar surface area (TPSA) is 72.8 Å². The van der Waals surface area contributed by atoms with Crippen LogP contribution in [0.3, 0.4) is 0 Å². The van der Waals surface area contributed by atoms with Gasteiger partial charge in [0.15, 0.2) is 10.8 Å². The normalized spacial score (nSPS) is 11.0. The quantitative estimate of drug-likeness (QED) is 0.302. The molecule has 6 nitrogen and oxygen atoms in total. The summed E-state index contributed by atoms with van der Waals surface area (Å²) in [5.74, 6) is 1.38. The van der Waals surface area contributed by atoms with Crippen LogP contribution in [-0.2, 0) is 0 Å². The standard InChI is InChI=1S/C19H15ClN4O2S/c20-13-6-8-15(9-7-13)26-10-11-27-19-22-17-16(18(25)23-19)12-21-24(17)14-4-2-1-3-5-14/h1-9,12H,10-11H2,(H,22,23,25). The van der Waals surface area contributed by atoms with Gasteiger partial charge in [0, 0.05) is 10.8 Å². The maximum absolute atomic E-state index is 12.3. The zero-order valence-corrected chi connectivity index (χ0v) is 15.7. The number of benzene rings is 2. The number of thioether (sulfide) groups is 1. The molecule has 0 aliphatic rings. The van der Waals surface area contributed by atoms with Gasteiger partial charge in [-0.15, -0.1) is 0 Å². The highest BCUT2D eigenvalue weighted by atomic mass is 35.5. The summed E-state index contributed by atoms with van der Waals surface area (Å²) in [6, 6.07) is 16.8. The summed E-state index contributed by atoms with van der Waals surface area (Å²) in [6.45, 7) is 0.478. The molecule has 0 radical (unpaired) electrons. The minimum absolute atomic E-state index is 0.205. The summed E-state index contributed by atoms with van der Waals surface area (Å²) in [6.07, 6.45) is 1.53. The Labute approximate surface area is 164 Å². The highest BCUT2D eigenvalue weighted by Crippen LogP contribution is 2.19. The molecule has 8 heteroatoms. The molecule has 2 aromatic heterocycles. The molecule has 2 heterocycles. The van der Waals surface area contributed by atoms with Crippen LogP contribution in [0.1, 0.15) is 0 Å². The van der Waals surface area contributed by atoms with Crippen LogP contribution in [0.15, 0.2) is 70.7 Å². The largest absolute Gasteiger partial charge is 0.493 e. The van der Waals surface area contributed by atoms with Gasteiger partial charge < -0.3 is 9.72 Å². The molecule has 0 saturated heterocycles. The molecule has 136 valence electrons. The zero-order chi connectivity index (χ0) is 18.6. The van der Waals surface area contributed by atoms with Gasteiger partial charge in [0.2, 0.25) is 0 Å². The molecule has 2 aromatic carbocycles. The molecule has 0 unspecified atom stereocenters. The molecular weight excluding hydrogens is 384 g/mol. The van der Waals surface area contributed by atoms with E-state index < -0.39 is 0 Å². The average molecular weight is 399 g/mol. The summed E-state index contributed by atoms with van der Waals surface area (Å²) in [4.78, 5) is 19.7. The minimum Gasteiger partial charge on any atom is -0.493 e. The molecule has 0 atom stereocenters. The number of H-pyrrole nitrogens is 1. The van der Waals surface area contributed by atoms with Gasteiger partial charge in [0.05, 0.1) is 18.5 Å². The highest BCUT2D eigenvalue weighted by molar-refractivity contribution is 7.99. The van der Waals surface area contributed by atoms with E-state index >= 15 is 0 Å². The van der Waals surface area contributed by atoms with Crippen molar-refractivity contribution in [3.05, 3.63) is 76.2 Å². The first kappa shape index (κ1) is 17.6. The minimum atomic E-state index is -0.205. The van der Waals surface area contributed by atoms with Crippen LogP contribution in [0.5, 0.6) is 5.75 Å². The lowest BCUT2D eigenvalue weighted by Gasteiger charge is -2.06. The summed E-state index contributed by atoms with van der Waals surface area (Å²) >= 11 is 7.27. The summed E-state index contributed by atoms with van der Waals surface area (Å²) in [5, 5.41) is 5.96. The molecule has 0 aliphatic carbocycles. The fraction of sp³-hybridized carbons (Fsp3) is 0.105. The number of fused-ring (bicyclic) bond motifs is 1.